The number of likely N-dealkylation sites (N-methyl/N-ethyl adjacent to an activating group) is 1. The van der Waals surface area contributed by atoms with Gasteiger partial charge in [-0.25, -0.2) is 0 Å². The molecule has 0 spiro atoms. The van der Waals surface area contributed by atoms with Crippen molar-refractivity contribution in [3.8, 4) is 0 Å². The van der Waals surface area contributed by atoms with Gasteiger partial charge in [0.25, 0.3) is 5.91 Å². The first-order valence-corrected chi connectivity index (χ1v) is 9.15. The molecule has 0 bridgehead atoms. The van der Waals surface area contributed by atoms with Crippen molar-refractivity contribution in [2.75, 3.05) is 7.05 Å². The molecule has 2 atom stereocenters. The molecule has 2 aromatic heterocycles. The molecule has 0 aliphatic carbocycles. The molecule has 1 fully saturated rings. The first-order valence-electron chi connectivity index (χ1n) is 9.15. The number of hydrogen-bond donors (Lipinski definition) is 1. The van der Waals surface area contributed by atoms with Gasteiger partial charge >= 0.3 is 0 Å². The Morgan fingerprint density at radius 2 is 2.08 bits per heavy atom. The van der Waals surface area contributed by atoms with E-state index in [4.69, 9.17) is 0 Å². The van der Waals surface area contributed by atoms with Gasteiger partial charge in [0.15, 0.2) is 0 Å². The van der Waals surface area contributed by atoms with Gasteiger partial charge in [0.2, 0.25) is 5.91 Å². The normalized spacial score (nSPS) is 23.0. The second-order valence-electron chi connectivity index (χ2n) is 7.13. The molecule has 2 aromatic rings. The maximum atomic E-state index is 12.9. The van der Waals surface area contributed by atoms with Crippen molar-refractivity contribution in [1.82, 2.24) is 29.8 Å². The van der Waals surface area contributed by atoms with E-state index in [1.807, 2.05) is 17.8 Å². The van der Waals surface area contributed by atoms with Gasteiger partial charge in [0, 0.05) is 33.3 Å². The fraction of sp³-hybridized carbons (Fsp3) is 0.556. The lowest BCUT2D eigenvalue weighted by atomic mass is 9.93. The fourth-order valence-electron chi connectivity index (χ4n) is 4.13. The number of nitrogens with one attached hydrogen (secondary N) is 1. The summed E-state index contributed by atoms with van der Waals surface area (Å²) < 4.78 is 3.70. The Bertz CT molecular complexity index is 839. The third kappa shape index (κ3) is 2.79. The Morgan fingerprint density at radius 3 is 2.85 bits per heavy atom. The molecule has 0 unspecified atom stereocenters. The first-order chi connectivity index (χ1) is 12.6. The molecule has 26 heavy (non-hydrogen) atoms. The van der Waals surface area contributed by atoms with Crippen LogP contribution in [0.1, 0.15) is 53.5 Å². The summed E-state index contributed by atoms with van der Waals surface area (Å²) in [6.07, 6.45) is 7.52. The Balaban J connectivity index is 1.59. The standard InChI is InChI=1S/C18H24N6O2/c1-22-16(25)7-6-13(17(22)15-8-9-19-23(15)2)21-18(26)12-11-20-24-10-4-3-5-14(12)24/h8-9,11,13,17H,3-7,10H2,1-2H3,(H,21,26)/t13-,17-/m1/s1. The maximum Gasteiger partial charge on any atom is 0.255 e. The van der Waals surface area contributed by atoms with Crippen LogP contribution < -0.4 is 5.32 Å². The molecule has 2 aliphatic heterocycles. The van der Waals surface area contributed by atoms with Crippen molar-refractivity contribution in [2.24, 2.45) is 7.05 Å². The lowest BCUT2D eigenvalue weighted by molar-refractivity contribution is -0.136. The van der Waals surface area contributed by atoms with E-state index < -0.39 is 0 Å². The minimum Gasteiger partial charge on any atom is -0.347 e. The summed E-state index contributed by atoms with van der Waals surface area (Å²) in [6.45, 7) is 0.876. The van der Waals surface area contributed by atoms with Crippen LogP contribution in [0.5, 0.6) is 0 Å². The van der Waals surface area contributed by atoms with Crippen LogP contribution in [0.4, 0.5) is 0 Å². The average molecular weight is 356 g/mol. The number of nitrogens with zero attached hydrogens (tertiary/aromatic N) is 5. The third-order valence-electron chi connectivity index (χ3n) is 5.57. The van der Waals surface area contributed by atoms with E-state index in [1.54, 1.807) is 29.0 Å². The minimum atomic E-state index is -0.223. The van der Waals surface area contributed by atoms with Crippen LogP contribution in [0.25, 0.3) is 0 Å². The number of piperidine rings is 1. The number of aromatic nitrogens is 4. The average Bonchev–Trinajstić information content (AvgIpc) is 3.25. The van der Waals surface area contributed by atoms with Crippen LogP contribution in [0, 0.1) is 0 Å². The van der Waals surface area contributed by atoms with Crippen LogP contribution in [0.15, 0.2) is 18.5 Å². The van der Waals surface area contributed by atoms with Crippen molar-refractivity contribution in [3.05, 3.63) is 35.4 Å². The summed E-state index contributed by atoms with van der Waals surface area (Å²) in [5.41, 5.74) is 2.60. The molecular weight excluding hydrogens is 332 g/mol. The Labute approximate surface area is 152 Å². The van der Waals surface area contributed by atoms with Gasteiger partial charge in [-0.05, 0) is 31.7 Å². The van der Waals surface area contributed by atoms with Crippen molar-refractivity contribution < 1.29 is 9.59 Å². The molecule has 0 radical (unpaired) electrons. The maximum absolute atomic E-state index is 12.9. The van der Waals surface area contributed by atoms with Gasteiger partial charge in [-0.3, -0.25) is 19.0 Å². The monoisotopic (exact) mass is 356 g/mol. The first kappa shape index (κ1) is 16.8. The highest BCUT2D eigenvalue weighted by molar-refractivity contribution is 5.95. The van der Waals surface area contributed by atoms with Gasteiger partial charge in [0.05, 0.1) is 35.2 Å². The summed E-state index contributed by atoms with van der Waals surface area (Å²) >= 11 is 0. The van der Waals surface area contributed by atoms with Crippen LogP contribution in [-0.4, -0.2) is 49.4 Å². The Kier molecular flexibility index (Phi) is 4.26. The van der Waals surface area contributed by atoms with Crippen molar-refractivity contribution in [2.45, 2.75) is 50.7 Å². The van der Waals surface area contributed by atoms with Crippen LogP contribution in [-0.2, 0) is 24.8 Å². The van der Waals surface area contributed by atoms with E-state index in [0.29, 0.717) is 18.4 Å². The zero-order valence-electron chi connectivity index (χ0n) is 15.2. The van der Waals surface area contributed by atoms with E-state index in [-0.39, 0.29) is 23.9 Å². The largest absolute Gasteiger partial charge is 0.347 e. The van der Waals surface area contributed by atoms with Gasteiger partial charge < -0.3 is 10.2 Å². The number of hydrogen-bond acceptors (Lipinski definition) is 4. The number of likely N-dealkylation sites (tertiary alicyclic amines) is 1. The molecule has 2 amide bonds. The van der Waals surface area contributed by atoms with E-state index >= 15 is 0 Å². The predicted molar refractivity (Wildman–Crippen MR) is 94.4 cm³/mol. The fourth-order valence-corrected chi connectivity index (χ4v) is 4.13. The molecule has 138 valence electrons. The molecule has 0 aromatic carbocycles. The number of fused-ring (bicyclic) bond motifs is 1. The number of aryl methyl sites for hydroxylation is 2. The van der Waals surface area contributed by atoms with Gasteiger partial charge in [-0.2, -0.15) is 10.2 Å². The lowest BCUT2D eigenvalue weighted by Gasteiger charge is -2.39. The number of carbonyl (C=O) groups excluding carboxylic acids is 2. The van der Waals surface area contributed by atoms with Gasteiger partial charge in [0.1, 0.15) is 0 Å². The molecule has 8 nitrogen and oxygen atoms in total. The second-order valence-corrected chi connectivity index (χ2v) is 7.13. The molecule has 4 rings (SSSR count). The predicted octanol–water partition coefficient (Wildman–Crippen LogP) is 1.04. The molecule has 4 heterocycles. The number of carbonyl (C=O) groups is 2. The molecule has 1 saturated heterocycles. The Morgan fingerprint density at radius 1 is 1.23 bits per heavy atom. The zero-order valence-corrected chi connectivity index (χ0v) is 15.2. The summed E-state index contributed by atoms with van der Waals surface area (Å²) in [5, 5.41) is 11.7. The topological polar surface area (TPSA) is 85.1 Å². The second kappa shape index (κ2) is 6.59. The van der Waals surface area contributed by atoms with E-state index in [9.17, 15) is 9.59 Å². The molecule has 8 heteroatoms. The van der Waals surface area contributed by atoms with Crippen LogP contribution in [0.3, 0.4) is 0 Å². The number of amides is 2. The molecule has 0 saturated carbocycles. The summed E-state index contributed by atoms with van der Waals surface area (Å²) in [7, 11) is 3.65. The van der Waals surface area contributed by atoms with Crippen molar-refractivity contribution >= 4 is 11.8 Å². The summed E-state index contributed by atoms with van der Waals surface area (Å²) in [5.74, 6) is -0.0160. The van der Waals surface area contributed by atoms with E-state index in [1.165, 1.54) is 0 Å². The van der Waals surface area contributed by atoms with Gasteiger partial charge in [-0.1, -0.05) is 0 Å². The quantitative estimate of drug-likeness (QED) is 0.891. The highest BCUT2D eigenvalue weighted by atomic mass is 16.2. The molecule has 2 aliphatic rings. The smallest absolute Gasteiger partial charge is 0.255 e. The van der Waals surface area contributed by atoms with Crippen LogP contribution in [0.2, 0.25) is 0 Å². The zero-order chi connectivity index (χ0) is 18.3. The van der Waals surface area contributed by atoms with Gasteiger partial charge in [-0.15, -0.1) is 0 Å². The van der Waals surface area contributed by atoms with E-state index in [2.05, 4.69) is 15.5 Å². The summed E-state index contributed by atoms with van der Waals surface area (Å²) in [6, 6.07) is 1.53. The van der Waals surface area contributed by atoms with Crippen molar-refractivity contribution in [3.63, 3.8) is 0 Å². The highest BCUT2D eigenvalue weighted by Gasteiger charge is 2.37. The number of rotatable bonds is 3. The lowest BCUT2D eigenvalue weighted by Crippen LogP contribution is -2.51. The summed E-state index contributed by atoms with van der Waals surface area (Å²) in [4.78, 5) is 26.9. The molecular formula is C18H24N6O2. The van der Waals surface area contributed by atoms with Crippen LogP contribution >= 0.6 is 0 Å². The van der Waals surface area contributed by atoms with Crippen molar-refractivity contribution in [1.29, 1.82) is 0 Å². The molecule has 1 N–H and O–H groups in total. The Hall–Kier alpha value is -2.64. The van der Waals surface area contributed by atoms with E-state index in [0.717, 1.165) is 37.2 Å². The minimum absolute atomic E-state index is 0.0876. The third-order valence-corrected chi connectivity index (χ3v) is 5.57. The SMILES string of the molecule is CN1C(=O)CC[C@@H](NC(=O)c2cnn3c2CCCC3)[C@@H]1c1ccnn1C. The highest BCUT2D eigenvalue weighted by Crippen LogP contribution is 2.31.